The highest BCUT2D eigenvalue weighted by Crippen LogP contribution is 2.04. The molecule has 0 fully saturated rings. The molecule has 0 bridgehead atoms. The predicted octanol–water partition coefficient (Wildman–Crippen LogP) is 2.30. The molecule has 0 aliphatic rings. The van der Waals surface area contributed by atoms with Crippen LogP contribution in [0.15, 0.2) is 30.3 Å². The number of hydrogen-bond donors (Lipinski definition) is 1. The Morgan fingerprint density at radius 2 is 1.92 bits per heavy atom. The maximum atomic E-state index is 11.6. The summed E-state index contributed by atoms with van der Waals surface area (Å²) in [5, 5.41) is 0. The summed E-state index contributed by atoms with van der Waals surface area (Å²) >= 11 is 0. The molecule has 12 heavy (non-hydrogen) atoms. The van der Waals surface area contributed by atoms with Crippen molar-refractivity contribution in [2.75, 3.05) is 12.1 Å². The average molecular weight is 173 g/mol. The summed E-state index contributed by atoms with van der Waals surface area (Å²) in [6.07, 6.45) is -2.44. The van der Waals surface area contributed by atoms with Crippen LogP contribution in [0.5, 0.6) is 0 Å². The highest BCUT2D eigenvalue weighted by atomic mass is 19.3. The first-order chi connectivity index (χ1) is 5.79. The smallest absolute Gasteiger partial charge is 0.264 e. The number of nitrogens with one attached hydrogen (secondary N) is 1. The summed E-state index contributed by atoms with van der Waals surface area (Å²) in [5.74, 6) is 0. The Hall–Kier alpha value is -1.16. The van der Waals surface area contributed by atoms with Crippen LogP contribution in [0, 0.1) is 0 Å². The zero-order chi connectivity index (χ0) is 8.81. The first-order valence-electron chi connectivity index (χ1n) is 3.50. The number of para-hydroxylation sites is 1. The van der Waals surface area contributed by atoms with E-state index in [4.69, 9.17) is 0 Å². The number of anilines is 1. The molecule has 0 radical (unpaired) electrons. The van der Waals surface area contributed by atoms with Crippen molar-refractivity contribution in [3.8, 4) is 0 Å². The Balaban J connectivity index is 2.25. The molecule has 1 aromatic rings. The standard InChI is InChI=1S/C8H9F2NO/c9-8(10)6-12-11-7-4-2-1-3-5-7/h1-5,8,11H,6H2. The van der Waals surface area contributed by atoms with Crippen molar-refractivity contribution >= 4 is 5.69 Å². The van der Waals surface area contributed by atoms with Crippen molar-refractivity contribution in [3.63, 3.8) is 0 Å². The van der Waals surface area contributed by atoms with Gasteiger partial charge < -0.3 is 0 Å². The summed E-state index contributed by atoms with van der Waals surface area (Å²) in [7, 11) is 0. The minimum Gasteiger partial charge on any atom is -0.270 e. The van der Waals surface area contributed by atoms with Crippen LogP contribution in [-0.2, 0) is 4.84 Å². The Morgan fingerprint density at radius 3 is 2.50 bits per heavy atom. The lowest BCUT2D eigenvalue weighted by atomic mass is 10.3. The van der Waals surface area contributed by atoms with Gasteiger partial charge in [0.15, 0.2) is 0 Å². The zero-order valence-corrected chi connectivity index (χ0v) is 6.34. The second-order valence-corrected chi connectivity index (χ2v) is 2.17. The molecule has 66 valence electrons. The highest BCUT2D eigenvalue weighted by molar-refractivity contribution is 5.39. The fourth-order valence-electron chi connectivity index (χ4n) is 0.694. The predicted molar refractivity (Wildman–Crippen MR) is 42.0 cm³/mol. The third-order valence-corrected chi connectivity index (χ3v) is 1.17. The average Bonchev–Trinajstić information content (AvgIpc) is 2.05. The topological polar surface area (TPSA) is 21.3 Å². The van der Waals surface area contributed by atoms with E-state index in [0.717, 1.165) is 0 Å². The van der Waals surface area contributed by atoms with Gasteiger partial charge in [-0.1, -0.05) is 18.2 Å². The van der Waals surface area contributed by atoms with Crippen LogP contribution in [-0.4, -0.2) is 13.0 Å². The molecule has 1 rings (SSSR count). The molecule has 0 spiro atoms. The van der Waals surface area contributed by atoms with Gasteiger partial charge in [0, 0.05) is 0 Å². The molecule has 0 aliphatic carbocycles. The van der Waals surface area contributed by atoms with Crippen LogP contribution >= 0.6 is 0 Å². The Bertz CT molecular complexity index is 216. The molecule has 0 unspecified atom stereocenters. The lowest BCUT2D eigenvalue weighted by Gasteiger charge is -2.05. The molecule has 1 N–H and O–H groups in total. The quantitative estimate of drug-likeness (QED) is 0.705. The van der Waals surface area contributed by atoms with E-state index in [1.54, 1.807) is 24.3 Å². The van der Waals surface area contributed by atoms with Gasteiger partial charge in [-0.2, -0.15) is 0 Å². The van der Waals surface area contributed by atoms with Gasteiger partial charge in [-0.15, -0.1) is 0 Å². The molecule has 2 nitrogen and oxygen atoms in total. The Labute approximate surface area is 69.1 Å². The van der Waals surface area contributed by atoms with E-state index in [0.29, 0.717) is 5.69 Å². The summed E-state index contributed by atoms with van der Waals surface area (Å²) in [6, 6.07) is 8.86. The maximum Gasteiger partial charge on any atom is 0.264 e. The second kappa shape index (κ2) is 4.66. The van der Waals surface area contributed by atoms with Crippen LogP contribution in [0.3, 0.4) is 0 Å². The molecule has 0 heterocycles. The number of alkyl halides is 2. The van der Waals surface area contributed by atoms with Crippen molar-refractivity contribution in [2.24, 2.45) is 0 Å². The molecular weight excluding hydrogens is 164 g/mol. The first-order valence-corrected chi connectivity index (χ1v) is 3.50. The second-order valence-electron chi connectivity index (χ2n) is 2.17. The van der Waals surface area contributed by atoms with Crippen LogP contribution < -0.4 is 5.48 Å². The van der Waals surface area contributed by atoms with Gasteiger partial charge in [-0.25, -0.2) is 8.78 Å². The lowest BCUT2D eigenvalue weighted by Crippen LogP contribution is -2.09. The minimum atomic E-state index is -2.44. The number of halogens is 2. The summed E-state index contributed by atoms with van der Waals surface area (Å²) in [4.78, 5) is 4.48. The van der Waals surface area contributed by atoms with E-state index in [9.17, 15) is 8.78 Å². The van der Waals surface area contributed by atoms with Crippen LogP contribution in [0.2, 0.25) is 0 Å². The maximum absolute atomic E-state index is 11.6. The summed E-state index contributed by atoms with van der Waals surface area (Å²) in [5.41, 5.74) is 3.06. The van der Waals surface area contributed by atoms with E-state index in [1.807, 2.05) is 6.07 Å². The molecular formula is C8H9F2NO. The fourth-order valence-corrected chi connectivity index (χ4v) is 0.694. The first kappa shape index (κ1) is 8.93. The summed E-state index contributed by atoms with van der Waals surface area (Å²) < 4.78 is 23.1. The third-order valence-electron chi connectivity index (χ3n) is 1.17. The van der Waals surface area contributed by atoms with Gasteiger partial charge in [0.25, 0.3) is 6.43 Å². The van der Waals surface area contributed by atoms with Gasteiger partial charge in [-0.05, 0) is 12.1 Å². The molecule has 0 aromatic heterocycles. The van der Waals surface area contributed by atoms with E-state index in [2.05, 4.69) is 10.3 Å². The molecule has 4 heteroatoms. The monoisotopic (exact) mass is 173 g/mol. The largest absolute Gasteiger partial charge is 0.270 e. The number of rotatable bonds is 4. The number of benzene rings is 1. The van der Waals surface area contributed by atoms with Gasteiger partial charge in [0.1, 0.15) is 6.61 Å². The van der Waals surface area contributed by atoms with Crippen LogP contribution in [0.1, 0.15) is 0 Å². The van der Waals surface area contributed by atoms with Crippen LogP contribution in [0.25, 0.3) is 0 Å². The van der Waals surface area contributed by atoms with Crippen LogP contribution in [0.4, 0.5) is 14.5 Å². The molecule has 0 amide bonds. The van der Waals surface area contributed by atoms with Gasteiger partial charge in [-0.3, -0.25) is 10.3 Å². The van der Waals surface area contributed by atoms with E-state index in [-0.39, 0.29) is 0 Å². The van der Waals surface area contributed by atoms with Crippen molar-refractivity contribution in [3.05, 3.63) is 30.3 Å². The molecule has 0 saturated carbocycles. The Morgan fingerprint density at radius 1 is 1.25 bits per heavy atom. The van der Waals surface area contributed by atoms with E-state index in [1.165, 1.54) is 0 Å². The van der Waals surface area contributed by atoms with Gasteiger partial charge in [0.05, 0.1) is 5.69 Å². The fraction of sp³-hybridized carbons (Fsp3) is 0.250. The minimum absolute atomic E-state index is 0.602. The summed E-state index contributed by atoms with van der Waals surface area (Å²) in [6.45, 7) is -0.602. The van der Waals surface area contributed by atoms with Crippen molar-refractivity contribution in [1.29, 1.82) is 0 Å². The molecule has 1 aromatic carbocycles. The van der Waals surface area contributed by atoms with E-state index >= 15 is 0 Å². The SMILES string of the molecule is FC(F)CONc1ccccc1. The lowest BCUT2D eigenvalue weighted by molar-refractivity contribution is 0.0412. The zero-order valence-electron chi connectivity index (χ0n) is 6.34. The van der Waals surface area contributed by atoms with Crippen molar-refractivity contribution in [2.45, 2.75) is 6.43 Å². The van der Waals surface area contributed by atoms with Crippen molar-refractivity contribution < 1.29 is 13.6 Å². The third kappa shape index (κ3) is 3.30. The van der Waals surface area contributed by atoms with Crippen molar-refractivity contribution in [1.82, 2.24) is 0 Å². The Kier molecular flexibility index (Phi) is 3.47. The van der Waals surface area contributed by atoms with Gasteiger partial charge >= 0.3 is 0 Å². The molecule has 0 saturated heterocycles. The molecule has 0 aliphatic heterocycles. The van der Waals surface area contributed by atoms with E-state index < -0.39 is 13.0 Å². The number of hydrogen-bond acceptors (Lipinski definition) is 2. The normalized spacial score (nSPS) is 10.2. The molecule has 0 atom stereocenters. The van der Waals surface area contributed by atoms with Gasteiger partial charge in [0.2, 0.25) is 0 Å². The highest BCUT2D eigenvalue weighted by Gasteiger charge is 2.00.